The molecule has 0 radical (unpaired) electrons. The van der Waals surface area contributed by atoms with Crippen molar-refractivity contribution in [3.05, 3.63) is 107 Å². The summed E-state index contributed by atoms with van der Waals surface area (Å²) in [5.74, 6) is 0.418. The van der Waals surface area contributed by atoms with Gasteiger partial charge in [0.15, 0.2) is 0 Å². The average Bonchev–Trinajstić information content (AvgIpc) is 2.85. The Hall–Kier alpha value is -3.99. The van der Waals surface area contributed by atoms with Gasteiger partial charge < -0.3 is 10.6 Å². The van der Waals surface area contributed by atoms with E-state index in [-0.39, 0.29) is 11.9 Å². The van der Waals surface area contributed by atoms with E-state index in [1.165, 1.54) is 16.7 Å². The molecule has 0 fully saturated rings. The highest BCUT2D eigenvalue weighted by molar-refractivity contribution is 5.95. The number of carbonyl (C=O) groups excluding carboxylic acids is 1. The number of rotatable bonds is 5. The maximum atomic E-state index is 13.0. The van der Waals surface area contributed by atoms with E-state index in [4.69, 9.17) is 0 Å². The molecule has 0 saturated carbocycles. The van der Waals surface area contributed by atoms with Crippen LogP contribution in [0.5, 0.6) is 0 Å². The van der Waals surface area contributed by atoms with Gasteiger partial charge in [0, 0.05) is 29.2 Å². The van der Waals surface area contributed by atoms with Gasteiger partial charge >= 0.3 is 0 Å². The first kappa shape index (κ1) is 20.9. The van der Waals surface area contributed by atoms with Gasteiger partial charge in [-0.3, -0.25) is 4.79 Å². The number of amides is 1. The van der Waals surface area contributed by atoms with Crippen molar-refractivity contribution in [1.82, 2.24) is 15.3 Å². The van der Waals surface area contributed by atoms with Crippen molar-refractivity contribution in [2.45, 2.75) is 32.2 Å². The second-order valence-corrected chi connectivity index (χ2v) is 8.49. The molecule has 1 amide bonds. The van der Waals surface area contributed by atoms with E-state index in [1.54, 1.807) is 12.4 Å². The topological polar surface area (TPSA) is 66.9 Å². The predicted molar refractivity (Wildman–Crippen MR) is 132 cm³/mol. The summed E-state index contributed by atoms with van der Waals surface area (Å²) in [5, 5.41) is 6.42. The van der Waals surface area contributed by atoms with Gasteiger partial charge in [0.05, 0.1) is 6.04 Å². The van der Waals surface area contributed by atoms with Crippen LogP contribution in [0.3, 0.4) is 0 Å². The van der Waals surface area contributed by atoms with Gasteiger partial charge in [-0.2, -0.15) is 0 Å². The second kappa shape index (κ2) is 9.25. The van der Waals surface area contributed by atoms with Crippen molar-refractivity contribution in [3.8, 4) is 11.1 Å². The van der Waals surface area contributed by atoms with Crippen LogP contribution in [0.1, 0.15) is 45.9 Å². The average molecular weight is 435 g/mol. The standard InChI is InChI=1S/C28H26N4O/c1-19-7-4-10-21(15-19)23-17-29-28(30-18-23)31-24-12-5-11-22(16-24)27(33)32-26-14-6-9-20-8-2-3-13-25(20)26/h2-5,7-8,10-13,15-18,26H,6,9,14H2,1H3,(H,32,33)(H,29,30,31). The third kappa shape index (κ3) is 4.77. The van der Waals surface area contributed by atoms with E-state index in [2.05, 4.69) is 57.9 Å². The van der Waals surface area contributed by atoms with E-state index < -0.39 is 0 Å². The lowest BCUT2D eigenvalue weighted by atomic mass is 9.87. The minimum atomic E-state index is -0.0731. The molecule has 1 aromatic heterocycles. The molecule has 1 heterocycles. The number of hydrogen-bond acceptors (Lipinski definition) is 4. The smallest absolute Gasteiger partial charge is 0.251 e. The summed E-state index contributed by atoms with van der Waals surface area (Å²) in [5.41, 5.74) is 7.19. The molecular weight excluding hydrogens is 408 g/mol. The molecule has 1 atom stereocenters. The molecule has 0 bridgehead atoms. The molecule has 0 spiro atoms. The first-order valence-corrected chi connectivity index (χ1v) is 11.3. The van der Waals surface area contributed by atoms with E-state index >= 15 is 0 Å². The Bertz CT molecular complexity index is 1280. The SMILES string of the molecule is Cc1cccc(-c2cnc(Nc3cccc(C(=O)NC4CCCc5ccccc54)c3)nc2)c1. The summed E-state index contributed by atoms with van der Waals surface area (Å²) in [4.78, 5) is 21.9. The van der Waals surface area contributed by atoms with Crippen molar-refractivity contribution in [2.24, 2.45) is 0 Å². The van der Waals surface area contributed by atoms with Crippen LogP contribution in [-0.2, 0) is 6.42 Å². The first-order chi connectivity index (χ1) is 16.2. The van der Waals surface area contributed by atoms with Gasteiger partial charge in [-0.25, -0.2) is 9.97 Å². The maximum absolute atomic E-state index is 13.0. The van der Waals surface area contributed by atoms with Crippen molar-refractivity contribution in [1.29, 1.82) is 0 Å². The number of anilines is 2. The molecule has 1 aliphatic carbocycles. The number of nitrogens with zero attached hydrogens (tertiary/aromatic N) is 2. The number of aromatic nitrogens is 2. The van der Waals surface area contributed by atoms with E-state index in [0.29, 0.717) is 11.5 Å². The fourth-order valence-corrected chi connectivity index (χ4v) is 4.38. The van der Waals surface area contributed by atoms with Crippen LogP contribution < -0.4 is 10.6 Å². The fourth-order valence-electron chi connectivity index (χ4n) is 4.38. The Balaban J connectivity index is 1.28. The largest absolute Gasteiger partial charge is 0.345 e. The third-order valence-electron chi connectivity index (χ3n) is 6.06. The number of hydrogen-bond donors (Lipinski definition) is 2. The highest BCUT2D eigenvalue weighted by atomic mass is 16.1. The summed E-state index contributed by atoms with van der Waals surface area (Å²) < 4.78 is 0. The zero-order chi connectivity index (χ0) is 22.6. The van der Waals surface area contributed by atoms with Crippen molar-refractivity contribution < 1.29 is 4.79 Å². The number of aryl methyl sites for hydroxylation is 2. The van der Waals surface area contributed by atoms with Crippen molar-refractivity contribution in [2.75, 3.05) is 5.32 Å². The second-order valence-electron chi connectivity index (χ2n) is 8.49. The highest BCUT2D eigenvalue weighted by Gasteiger charge is 2.22. The molecule has 33 heavy (non-hydrogen) atoms. The van der Waals surface area contributed by atoms with Crippen LogP contribution >= 0.6 is 0 Å². The van der Waals surface area contributed by atoms with Crippen LogP contribution in [0.4, 0.5) is 11.6 Å². The molecule has 164 valence electrons. The lowest BCUT2D eigenvalue weighted by Crippen LogP contribution is -2.31. The van der Waals surface area contributed by atoms with E-state index in [1.807, 2.05) is 42.5 Å². The lowest BCUT2D eigenvalue weighted by Gasteiger charge is -2.26. The predicted octanol–water partition coefficient (Wildman–Crippen LogP) is 6.00. The van der Waals surface area contributed by atoms with E-state index in [9.17, 15) is 4.79 Å². The van der Waals surface area contributed by atoms with Crippen molar-refractivity contribution in [3.63, 3.8) is 0 Å². The third-order valence-corrected chi connectivity index (χ3v) is 6.06. The number of nitrogens with one attached hydrogen (secondary N) is 2. The monoisotopic (exact) mass is 434 g/mol. The van der Waals surface area contributed by atoms with Crippen LogP contribution in [0.2, 0.25) is 0 Å². The van der Waals surface area contributed by atoms with Crippen LogP contribution in [0.25, 0.3) is 11.1 Å². The molecule has 3 aromatic carbocycles. The molecule has 4 aromatic rings. The number of fused-ring (bicyclic) bond motifs is 1. The Morgan fingerprint density at radius 2 is 1.73 bits per heavy atom. The molecule has 5 heteroatoms. The van der Waals surface area contributed by atoms with Gasteiger partial charge in [-0.15, -0.1) is 0 Å². The van der Waals surface area contributed by atoms with Crippen molar-refractivity contribution >= 4 is 17.5 Å². The lowest BCUT2D eigenvalue weighted by molar-refractivity contribution is 0.0933. The van der Waals surface area contributed by atoms with Gasteiger partial charge in [0.2, 0.25) is 5.95 Å². The molecule has 2 N–H and O–H groups in total. The molecular formula is C28H26N4O. The molecule has 0 saturated heterocycles. The summed E-state index contributed by atoms with van der Waals surface area (Å²) >= 11 is 0. The Morgan fingerprint density at radius 3 is 2.58 bits per heavy atom. The first-order valence-electron chi connectivity index (χ1n) is 11.3. The minimum absolute atomic E-state index is 0.0524. The fraction of sp³-hybridized carbons (Fsp3) is 0.179. The molecule has 1 aliphatic rings. The van der Waals surface area contributed by atoms with E-state index in [0.717, 1.165) is 36.1 Å². The summed E-state index contributed by atoms with van der Waals surface area (Å²) in [6.45, 7) is 2.07. The molecule has 1 unspecified atom stereocenters. The Kier molecular flexibility index (Phi) is 5.85. The van der Waals surface area contributed by atoms with Gasteiger partial charge in [0.1, 0.15) is 0 Å². The van der Waals surface area contributed by atoms with Crippen LogP contribution in [-0.4, -0.2) is 15.9 Å². The van der Waals surface area contributed by atoms with Gasteiger partial charge in [0.25, 0.3) is 5.91 Å². The number of benzene rings is 3. The summed E-state index contributed by atoms with van der Waals surface area (Å²) in [6, 6.07) is 24.1. The Labute approximate surface area is 193 Å². The summed E-state index contributed by atoms with van der Waals surface area (Å²) in [6.07, 6.45) is 6.73. The number of carbonyl (C=O) groups is 1. The minimum Gasteiger partial charge on any atom is -0.345 e. The van der Waals surface area contributed by atoms with Gasteiger partial charge in [-0.05, 0) is 61.1 Å². The highest BCUT2D eigenvalue weighted by Crippen LogP contribution is 2.30. The maximum Gasteiger partial charge on any atom is 0.251 e. The molecule has 0 aliphatic heterocycles. The zero-order valence-electron chi connectivity index (χ0n) is 18.6. The molecule has 5 nitrogen and oxygen atoms in total. The molecule has 5 rings (SSSR count). The quantitative estimate of drug-likeness (QED) is 0.404. The van der Waals surface area contributed by atoms with Crippen LogP contribution in [0.15, 0.2) is 85.2 Å². The van der Waals surface area contributed by atoms with Gasteiger partial charge in [-0.1, -0.05) is 60.2 Å². The zero-order valence-corrected chi connectivity index (χ0v) is 18.6. The normalized spacial score (nSPS) is 14.9. The summed E-state index contributed by atoms with van der Waals surface area (Å²) in [7, 11) is 0. The Morgan fingerprint density at radius 1 is 0.909 bits per heavy atom. The van der Waals surface area contributed by atoms with Crippen LogP contribution in [0, 0.1) is 6.92 Å².